The van der Waals surface area contributed by atoms with Crippen molar-refractivity contribution in [3.8, 4) is 0 Å². The molecule has 0 amide bonds. The fourth-order valence-electron chi connectivity index (χ4n) is 9.09. The van der Waals surface area contributed by atoms with Gasteiger partial charge in [0.05, 0.1) is 36.1 Å². The Labute approximate surface area is 198 Å². The van der Waals surface area contributed by atoms with Gasteiger partial charge in [-0.15, -0.1) is 0 Å². The highest BCUT2D eigenvalue weighted by molar-refractivity contribution is 5.93. The Morgan fingerprint density at radius 1 is 1.09 bits per heavy atom. The van der Waals surface area contributed by atoms with Gasteiger partial charge in [-0.1, -0.05) is 13.8 Å². The number of esters is 1. The number of carbonyl (C=O) groups is 3. The third-order valence-corrected chi connectivity index (χ3v) is 10.6. The smallest absolute Gasteiger partial charge is 0.339 e. The van der Waals surface area contributed by atoms with Crippen molar-refractivity contribution in [3.63, 3.8) is 0 Å². The molecule has 0 aromatic carbocycles. The topological polar surface area (TPSA) is 116 Å². The Kier molecular flexibility index (Phi) is 4.14. The summed E-state index contributed by atoms with van der Waals surface area (Å²) in [5.41, 5.74) is -3.03. The molecule has 34 heavy (non-hydrogen) atoms. The lowest BCUT2D eigenvalue weighted by atomic mass is 9.37. The Morgan fingerprint density at radius 3 is 2.47 bits per heavy atom. The minimum Gasteiger partial charge on any atom is -0.481 e. The van der Waals surface area contributed by atoms with Crippen molar-refractivity contribution in [3.05, 3.63) is 24.2 Å². The molecule has 184 valence electrons. The first-order chi connectivity index (χ1) is 15.8. The van der Waals surface area contributed by atoms with Gasteiger partial charge in [0.15, 0.2) is 6.10 Å². The van der Waals surface area contributed by atoms with Crippen LogP contribution in [0.25, 0.3) is 0 Å². The van der Waals surface area contributed by atoms with Crippen LogP contribution in [-0.4, -0.2) is 46.2 Å². The van der Waals surface area contributed by atoms with E-state index in [1.54, 1.807) is 18.6 Å². The highest BCUT2D eigenvalue weighted by Crippen LogP contribution is 2.79. The number of carbonyl (C=O) groups excluding carboxylic acids is 2. The number of fused-ring (bicyclic) bond motifs is 3. The maximum absolute atomic E-state index is 14.2. The van der Waals surface area contributed by atoms with Crippen molar-refractivity contribution in [2.75, 3.05) is 0 Å². The maximum Gasteiger partial charge on any atom is 0.339 e. The molecular formula is C26H32O8. The van der Waals surface area contributed by atoms with Crippen LogP contribution in [0.5, 0.6) is 0 Å². The van der Waals surface area contributed by atoms with Crippen LogP contribution in [0.4, 0.5) is 0 Å². The fourth-order valence-corrected chi connectivity index (χ4v) is 9.09. The number of hydrogen-bond donors (Lipinski definition) is 1. The summed E-state index contributed by atoms with van der Waals surface area (Å²) in [7, 11) is 0. The monoisotopic (exact) mass is 472 g/mol. The number of carboxylic acids is 1. The first-order valence-corrected chi connectivity index (χ1v) is 12.2. The number of carboxylic acid groups (broad SMARTS) is 1. The zero-order valence-corrected chi connectivity index (χ0v) is 20.3. The van der Waals surface area contributed by atoms with Crippen molar-refractivity contribution in [1.29, 1.82) is 0 Å². The van der Waals surface area contributed by atoms with Crippen molar-refractivity contribution in [2.24, 2.45) is 28.1 Å². The van der Waals surface area contributed by atoms with Gasteiger partial charge >= 0.3 is 11.9 Å². The fraction of sp³-hybridized carbons (Fsp3) is 0.731. The lowest BCUT2D eigenvalue weighted by Crippen LogP contribution is -2.71. The predicted octanol–water partition coefficient (Wildman–Crippen LogP) is 3.69. The molecule has 1 spiro atoms. The number of aliphatic carboxylic acids is 1. The van der Waals surface area contributed by atoms with Gasteiger partial charge in [-0.25, -0.2) is 4.79 Å². The normalized spacial score (nSPS) is 50.4. The molecule has 3 aliphatic heterocycles. The van der Waals surface area contributed by atoms with Crippen LogP contribution < -0.4 is 0 Å². The van der Waals surface area contributed by atoms with E-state index < -0.39 is 57.7 Å². The zero-order valence-electron chi connectivity index (χ0n) is 20.3. The summed E-state index contributed by atoms with van der Waals surface area (Å²) >= 11 is 0. The van der Waals surface area contributed by atoms with Gasteiger partial charge in [-0.2, -0.15) is 0 Å². The number of ketones is 1. The summed E-state index contributed by atoms with van der Waals surface area (Å²) in [6, 6.07) is 1.80. The summed E-state index contributed by atoms with van der Waals surface area (Å²) in [4.78, 5) is 39.1. The summed E-state index contributed by atoms with van der Waals surface area (Å²) in [6.45, 7) is 10.0. The van der Waals surface area contributed by atoms with Gasteiger partial charge in [0.2, 0.25) is 0 Å². The van der Waals surface area contributed by atoms with E-state index in [-0.39, 0.29) is 30.5 Å². The molecule has 0 unspecified atom stereocenters. The molecule has 0 bridgehead atoms. The molecule has 5 aliphatic rings. The van der Waals surface area contributed by atoms with Crippen molar-refractivity contribution in [1.82, 2.24) is 0 Å². The number of cyclic esters (lactones) is 1. The molecule has 8 nitrogen and oxygen atoms in total. The molecule has 2 aliphatic carbocycles. The van der Waals surface area contributed by atoms with Crippen LogP contribution in [0.1, 0.15) is 72.0 Å². The van der Waals surface area contributed by atoms with Crippen molar-refractivity contribution >= 4 is 17.7 Å². The Morgan fingerprint density at radius 2 is 1.82 bits per heavy atom. The largest absolute Gasteiger partial charge is 0.481 e. The number of epoxide rings is 1. The number of ether oxygens (including phenoxy) is 3. The highest BCUT2D eigenvalue weighted by atomic mass is 16.7. The Hall–Kier alpha value is -2.19. The van der Waals surface area contributed by atoms with Gasteiger partial charge in [0.1, 0.15) is 17.5 Å². The SMILES string of the molecule is CC1(C)O[C@@H](CC(=O)O)[C@]2(C)[C@H]3CC[C@@]4(C)[C@H](c5ccoc5)OC(=O)[C@H]5O[C@]54[C@]3(C)C(=O)C[C@@H]12. The van der Waals surface area contributed by atoms with Crippen LogP contribution in [-0.2, 0) is 28.6 Å². The van der Waals surface area contributed by atoms with Crippen LogP contribution in [0.15, 0.2) is 23.0 Å². The molecule has 8 heteroatoms. The molecular weight excluding hydrogens is 440 g/mol. The second-order valence-corrected chi connectivity index (χ2v) is 12.2. The standard InChI is InChI=1S/C26H32O8/c1-22(2)15-10-16(27)25(5)14(24(15,4)17(33-22)11-18(28)29)6-8-23(3)19(13-7-9-31-12-13)32-21(30)20-26(23,25)34-20/h7,9,12,14-15,17,19-20H,6,8,10-11H2,1-5H3,(H,28,29)/t14-,15+,17+,19+,20-,23+,24-,25+,26-/m1/s1. The molecule has 2 saturated carbocycles. The highest BCUT2D eigenvalue weighted by Gasteiger charge is 2.89. The minimum absolute atomic E-state index is 0.0710. The van der Waals surface area contributed by atoms with E-state index in [1.807, 2.05) is 20.8 Å². The average molecular weight is 473 g/mol. The molecule has 6 rings (SSSR count). The van der Waals surface area contributed by atoms with Crippen molar-refractivity contribution < 1.29 is 38.1 Å². The lowest BCUT2D eigenvalue weighted by Gasteiger charge is -2.64. The number of Topliss-reactive ketones (excluding diaryl/α,β-unsaturated/α-hetero) is 1. The number of furan rings is 1. The molecule has 9 atom stereocenters. The van der Waals surface area contributed by atoms with Crippen molar-refractivity contribution in [2.45, 2.75) is 89.8 Å². The van der Waals surface area contributed by atoms with E-state index >= 15 is 0 Å². The van der Waals surface area contributed by atoms with E-state index in [9.17, 15) is 19.5 Å². The predicted molar refractivity (Wildman–Crippen MR) is 117 cm³/mol. The molecule has 5 fully saturated rings. The molecule has 1 aromatic heterocycles. The number of hydrogen-bond acceptors (Lipinski definition) is 7. The first-order valence-electron chi connectivity index (χ1n) is 12.2. The van der Waals surface area contributed by atoms with E-state index in [4.69, 9.17) is 18.6 Å². The molecule has 0 radical (unpaired) electrons. The van der Waals surface area contributed by atoms with E-state index in [2.05, 4.69) is 13.8 Å². The Bertz CT molecular complexity index is 1090. The van der Waals surface area contributed by atoms with E-state index in [1.165, 1.54) is 0 Å². The molecule has 3 saturated heterocycles. The quantitative estimate of drug-likeness (QED) is 0.523. The summed E-state index contributed by atoms with van der Waals surface area (Å²) in [5, 5.41) is 9.68. The van der Waals surface area contributed by atoms with Gasteiger partial charge in [-0.3, -0.25) is 9.59 Å². The molecule has 1 aromatic rings. The van der Waals surface area contributed by atoms with Gasteiger partial charge in [0, 0.05) is 28.7 Å². The minimum atomic E-state index is -1.01. The van der Waals surface area contributed by atoms with Crippen LogP contribution in [0.3, 0.4) is 0 Å². The van der Waals surface area contributed by atoms with Crippen LogP contribution >= 0.6 is 0 Å². The summed E-state index contributed by atoms with van der Waals surface area (Å²) in [5.74, 6) is -1.60. The van der Waals surface area contributed by atoms with Gasteiger partial charge < -0.3 is 23.7 Å². The maximum atomic E-state index is 14.2. The lowest BCUT2D eigenvalue weighted by molar-refractivity contribution is -0.211. The average Bonchev–Trinajstić information content (AvgIpc) is 3.25. The third-order valence-electron chi connectivity index (χ3n) is 10.6. The van der Waals surface area contributed by atoms with Crippen LogP contribution in [0, 0.1) is 28.1 Å². The third kappa shape index (κ3) is 2.25. The molecule has 1 N–H and O–H groups in total. The summed E-state index contributed by atoms with van der Waals surface area (Å²) in [6.07, 6.45) is 2.74. The second kappa shape index (κ2) is 6.32. The Balaban J connectivity index is 1.51. The molecule has 4 heterocycles. The zero-order chi connectivity index (χ0) is 24.5. The second-order valence-electron chi connectivity index (χ2n) is 12.2. The van der Waals surface area contributed by atoms with E-state index in [0.717, 1.165) is 5.56 Å². The van der Waals surface area contributed by atoms with Gasteiger partial charge in [-0.05, 0) is 45.6 Å². The van der Waals surface area contributed by atoms with Gasteiger partial charge in [0.25, 0.3) is 0 Å². The number of rotatable bonds is 3. The first kappa shape index (κ1) is 22.3. The van der Waals surface area contributed by atoms with E-state index in [0.29, 0.717) is 12.8 Å². The summed E-state index contributed by atoms with van der Waals surface area (Å²) < 4.78 is 23.9. The van der Waals surface area contributed by atoms with Crippen LogP contribution in [0.2, 0.25) is 0 Å².